The number of nitrogens with two attached hydrogens (primary N) is 1. The molecule has 0 bridgehead atoms. The number of imide groups is 1. The van der Waals surface area contributed by atoms with E-state index in [4.69, 9.17) is 15.2 Å². The van der Waals surface area contributed by atoms with E-state index in [0.29, 0.717) is 26.2 Å². The summed E-state index contributed by atoms with van der Waals surface area (Å²) in [5.74, 6) is -2.66. The smallest absolute Gasteiger partial charge is 0.294 e. The first-order valence-corrected chi connectivity index (χ1v) is 25.6. The van der Waals surface area contributed by atoms with Gasteiger partial charge in [0.05, 0.1) is 34.7 Å². The van der Waals surface area contributed by atoms with Crippen molar-refractivity contribution in [2.45, 2.75) is 108 Å². The Kier molecular flexibility index (Phi) is 18.5. The third-order valence-corrected chi connectivity index (χ3v) is 14.8. The molecule has 0 radical (unpaired) electrons. The average Bonchev–Trinajstić information content (AvgIpc) is 3.75. The highest BCUT2D eigenvalue weighted by Crippen LogP contribution is 2.48. The third kappa shape index (κ3) is 13.2. The number of allylic oxidation sites excluding steroid dienone is 6. The van der Waals surface area contributed by atoms with Gasteiger partial charge in [-0.15, -0.1) is 11.8 Å². The second kappa shape index (κ2) is 23.4. The van der Waals surface area contributed by atoms with Crippen LogP contribution in [0.1, 0.15) is 96.8 Å². The summed E-state index contributed by atoms with van der Waals surface area (Å²) in [7, 11) is -4.42. The van der Waals surface area contributed by atoms with Crippen LogP contribution in [0.5, 0.6) is 0 Å². The molecule has 4 amide bonds. The molecule has 4 N–H and O–H groups in total. The largest absolute Gasteiger partial charge is 0.379 e. The molecular weight excluding hydrogens is 895 g/mol. The van der Waals surface area contributed by atoms with Gasteiger partial charge in [0.15, 0.2) is 11.5 Å². The number of rotatable bonds is 26. The van der Waals surface area contributed by atoms with Gasteiger partial charge in [0, 0.05) is 92.2 Å². The van der Waals surface area contributed by atoms with E-state index in [1.54, 1.807) is 12.1 Å². The molecule has 2 aromatic rings. The fourth-order valence-corrected chi connectivity index (χ4v) is 10.7. The van der Waals surface area contributed by atoms with Gasteiger partial charge in [0.25, 0.3) is 10.1 Å². The van der Waals surface area contributed by atoms with Crippen LogP contribution >= 0.6 is 11.8 Å². The molecule has 1 fully saturated rings. The van der Waals surface area contributed by atoms with Crippen LogP contribution in [0.15, 0.2) is 77.4 Å². The maximum Gasteiger partial charge on any atom is 0.294 e. The van der Waals surface area contributed by atoms with Gasteiger partial charge in [0.1, 0.15) is 13.2 Å². The first kappa shape index (κ1) is 53.0. The number of unbranched alkanes of at least 4 members (excludes halogenated alkanes) is 2. The van der Waals surface area contributed by atoms with Crippen LogP contribution < -0.4 is 16.0 Å². The number of aryl methyl sites for hydroxylation is 1. The maximum absolute atomic E-state index is 13.1. The van der Waals surface area contributed by atoms with Crippen molar-refractivity contribution in [1.82, 2.24) is 10.2 Å². The number of ether oxygens (including phenoxy) is 2. The molecule has 2 atom stereocenters. The molecular formula is C50H68N5O10S2+. The Balaban J connectivity index is 1.13. The molecule has 15 nitrogen and oxygen atoms in total. The van der Waals surface area contributed by atoms with Gasteiger partial charge >= 0.3 is 0 Å². The summed E-state index contributed by atoms with van der Waals surface area (Å²) in [5.41, 5.74) is 12.4. The van der Waals surface area contributed by atoms with E-state index < -0.39 is 38.5 Å². The number of anilines is 1. The highest BCUT2D eigenvalue weighted by atomic mass is 32.2. The molecule has 0 saturated carbocycles. The Labute approximate surface area is 400 Å². The summed E-state index contributed by atoms with van der Waals surface area (Å²) in [4.78, 5) is 66.4. The van der Waals surface area contributed by atoms with E-state index >= 15 is 0 Å². The fourth-order valence-electron chi connectivity index (χ4n) is 8.95. The summed E-state index contributed by atoms with van der Waals surface area (Å²) >= 11 is 1.12. The predicted molar refractivity (Wildman–Crippen MR) is 261 cm³/mol. The van der Waals surface area contributed by atoms with E-state index in [9.17, 15) is 36.9 Å². The number of hydrogen-bond donors (Lipinski definition) is 3. The number of likely N-dealkylation sites (tertiary alicyclic amines) is 1. The van der Waals surface area contributed by atoms with E-state index in [1.807, 2.05) is 45.1 Å². The molecule has 0 spiro atoms. The predicted octanol–water partition coefficient (Wildman–Crippen LogP) is 6.08. The maximum atomic E-state index is 13.1. The molecule has 1 saturated heterocycles. The van der Waals surface area contributed by atoms with Crippen molar-refractivity contribution in [3.8, 4) is 0 Å². The first-order chi connectivity index (χ1) is 31.7. The normalized spacial score (nSPS) is 18.7. The highest BCUT2D eigenvalue weighted by Gasteiger charge is 2.45. The minimum atomic E-state index is -4.42. The van der Waals surface area contributed by atoms with Crippen molar-refractivity contribution in [2.75, 3.05) is 63.3 Å². The lowest BCUT2D eigenvalue weighted by Gasteiger charge is -2.25. The van der Waals surface area contributed by atoms with Crippen LogP contribution in [-0.2, 0) is 54.4 Å². The molecule has 17 heteroatoms. The Hall–Kier alpha value is -4.94. The lowest BCUT2D eigenvalue weighted by atomic mass is 9.81. The first-order valence-electron chi connectivity index (χ1n) is 23.1. The van der Waals surface area contributed by atoms with E-state index in [1.165, 1.54) is 28.6 Å². The number of Topliss-reactive ketones (excluding diaryl/α,β-unsaturated/α-hetero) is 1. The van der Waals surface area contributed by atoms with Gasteiger partial charge in [-0.2, -0.15) is 13.0 Å². The summed E-state index contributed by atoms with van der Waals surface area (Å²) in [6, 6.07) is 11.3. The zero-order valence-electron chi connectivity index (χ0n) is 40.0. The monoisotopic (exact) mass is 962 g/mol. The number of nitrogens with one attached hydrogen (secondary N) is 1. The number of thioether (sulfide) groups is 1. The molecule has 5 rings (SSSR count). The minimum absolute atomic E-state index is 0.0165. The zero-order valence-corrected chi connectivity index (χ0v) is 41.6. The SMILES string of the molecule is CCOCCOCC(=O)C[C@H](CSC1CC(=O)N(CCNC(=O)CCCCC[N+]2=C(C=CC=CC=C3N(CC)c4ccc(C)cc4C3(C)C)C(C)(C)c3cc(S(=O)(=O)O)ccc32)C1=O)C(N)=O. The van der Waals surface area contributed by atoms with Crippen LogP contribution in [0.2, 0.25) is 0 Å². The van der Waals surface area contributed by atoms with Gasteiger partial charge in [-0.3, -0.25) is 33.4 Å². The number of hydrogen-bond acceptors (Lipinski definition) is 11. The summed E-state index contributed by atoms with van der Waals surface area (Å²) in [6.45, 7) is 17.2. The summed E-state index contributed by atoms with van der Waals surface area (Å²) in [6.07, 6.45) is 12.4. The van der Waals surface area contributed by atoms with E-state index in [-0.39, 0.29) is 79.2 Å². The fraction of sp³-hybridized carbons (Fsp3) is 0.520. The quantitative estimate of drug-likeness (QED) is 0.0323. The van der Waals surface area contributed by atoms with Crippen molar-refractivity contribution in [1.29, 1.82) is 0 Å². The lowest BCUT2D eigenvalue weighted by molar-refractivity contribution is -0.438. The number of primary amides is 1. The molecule has 3 aliphatic rings. The number of nitrogens with zero attached hydrogens (tertiary/aromatic N) is 3. The van der Waals surface area contributed by atoms with E-state index in [0.717, 1.165) is 53.0 Å². The number of likely N-dealkylation sites (N-methyl/N-ethyl adjacent to an activating group) is 1. The molecule has 3 aliphatic heterocycles. The van der Waals surface area contributed by atoms with Crippen LogP contribution in [0.4, 0.5) is 11.4 Å². The Morgan fingerprint density at radius 2 is 1.72 bits per heavy atom. The topological polar surface area (TPSA) is 206 Å². The van der Waals surface area contributed by atoms with Crippen molar-refractivity contribution >= 4 is 68.4 Å². The van der Waals surface area contributed by atoms with Crippen LogP contribution in [0.25, 0.3) is 0 Å². The van der Waals surface area contributed by atoms with Crippen molar-refractivity contribution in [3.63, 3.8) is 0 Å². The molecule has 364 valence electrons. The van der Waals surface area contributed by atoms with Crippen LogP contribution in [-0.4, -0.2) is 121 Å². The summed E-state index contributed by atoms with van der Waals surface area (Å²) < 4.78 is 46.8. The zero-order chi connectivity index (χ0) is 49.1. The van der Waals surface area contributed by atoms with Gasteiger partial charge in [0.2, 0.25) is 29.3 Å². The molecule has 1 unspecified atom stereocenters. The molecule has 2 aromatic carbocycles. The van der Waals surface area contributed by atoms with Crippen LogP contribution in [0.3, 0.4) is 0 Å². The number of carbonyl (C=O) groups excluding carboxylic acids is 5. The second-order valence-corrected chi connectivity index (χ2v) is 20.8. The standard InChI is InChI=1S/C50H67N5O10S2/c1-8-53-40-21-19-34(3)28-38(40)49(4,5)43(53)16-12-10-13-17-44-50(6,7)39-30-37(67(61,62)63)20-22-41(39)54(44)24-15-11-14-18-45(57)52-23-25-55-46(58)31-42(48(55)60)66-33-35(47(51)59)29-36(56)32-65-27-26-64-9-2/h10,12-13,16-17,19-22,28,30,35,42H,8-9,11,14-15,18,23-27,29,31-33H2,1-7H3,(H3-,51,52,57,59,61,62,63)/p+1/t35-,42?/m1/s1. The number of ketones is 1. The Morgan fingerprint density at radius 3 is 2.42 bits per heavy atom. The molecule has 0 aliphatic carbocycles. The van der Waals surface area contributed by atoms with Gasteiger partial charge in [-0.1, -0.05) is 49.8 Å². The van der Waals surface area contributed by atoms with Crippen molar-refractivity contribution in [3.05, 3.63) is 89.2 Å². The molecule has 67 heavy (non-hydrogen) atoms. The van der Waals surface area contributed by atoms with Gasteiger partial charge in [-0.25, -0.2) is 0 Å². The van der Waals surface area contributed by atoms with Crippen molar-refractivity contribution < 1.29 is 51.0 Å². The average molecular weight is 963 g/mol. The highest BCUT2D eigenvalue weighted by molar-refractivity contribution is 8.00. The number of fused-ring (bicyclic) bond motifs is 2. The second-order valence-electron chi connectivity index (χ2n) is 18.2. The number of benzene rings is 2. The number of carbonyl (C=O) groups is 5. The van der Waals surface area contributed by atoms with Crippen LogP contribution in [0, 0.1) is 12.8 Å². The minimum Gasteiger partial charge on any atom is -0.379 e. The molecule has 0 aromatic heterocycles. The Bertz CT molecular complexity index is 2420. The lowest BCUT2D eigenvalue weighted by Crippen LogP contribution is -2.39. The van der Waals surface area contributed by atoms with Gasteiger partial charge < -0.3 is 25.4 Å². The van der Waals surface area contributed by atoms with Crippen molar-refractivity contribution in [2.24, 2.45) is 11.7 Å². The summed E-state index contributed by atoms with van der Waals surface area (Å²) in [5, 5.41) is 2.10. The van der Waals surface area contributed by atoms with E-state index in [2.05, 4.69) is 66.8 Å². The third-order valence-electron chi connectivity index (χ3n) is 12.6. The van der Waals surface area contributed by atoms with Gasteiger partial charge in [-0.05, 0) is 77.3 Å². The number of amides is 4. The Morgan fingerprint density at radius 1 is 0.970 bits per heavy atom. The molecule has 3 heterocycles.